The first kappa shape index (κ1) is 9.79. The summed E-state index contributed by atoms with van der Waals surface area (Å²) in [6.07, 6.45) is 2.95. The molecule has 0 amide bonds. The summed E-state index contributed by atoms with van der Waals surface area (Å²) >= 11 is 0. The van der Waals surface area contributed by atoms with Gasteiger partial charge in [-0.3, -0.25) is 0 Å². The van der Waals surface area contributed by atoms with Crippen LogP contribution < -0.4 is 0 Å². The predicted octanol–water partition coefficient (Wildman–Crippen LogP) is 3.93. The molecule has 0 heterocycles. The van der Waals surface area contributed by atoms with Crippen molar-refractivity contribution in [3.63, 3.8) is 0 Å². The summed E-state index contributed by atoms with van der Waals surface area (Å²) < 4.78 is 0. The normalized spacial score (nSPS) is 9.69. The van der Waals surface area contributed by atoms with Crippen LogP contribution in [0.2, 0.25) is 0 Å². The quantitative estimate of drug-likeness (QED) is 0.648. The molecule has 0 saturated heterocycles. The number of hydrogen-bond donors (Lipinski definition) is 0. The van der Waals surface area contributed by atoms with Gasteiger partial charge in [0, 0.05) is 0 Å². The van der Waals surface area contributed by atoms with Gasteiger partial charge >= 0.3 is 0 Å². The van der Waals surface area contributed by atoms with Crippen molar-refractivity contribution in [2.45, 2.75) is 20.3 Å². The van der Waals surface area contributed by atoms with Crippen LogP contribution in [-0.4, -0.2) is 0 Å². The van der Waals surface area contributed by atoms with Gasteiger partial charge in [0.15, 0.2) is 0 Å². The molecule has 0 radical (unpaired) electrons. The molecule has 68 valence electrons. The maximum Gasteiger partial charge on any atom is -0.0230 e. The minimum atomic E-state index is 1.04. The molecule has 13 heavy (non-hydrogen) atoms. The Kier molecular flexibility index (Phi) is 3.07. The fourth-order valence-electron chi connectivity index (χ4n) is 1.38. The zero-order chi connectivity index (χ0) is 9.84. The van der Waals surface area contributed by atoms with Crippen molar-refractivity contribution in [1.29, 1.82) is 0 Å². The maximum absolute atomic E-state index is 3.93. The van der Waals surface area contributed by atoms with Crippen molar-refractivity contribution in [3.05, 3.63) is 48.0 Å². The number of benzene rings is 1. The first-order chi connectivity index (χ1) is 6.19. The van der Waals surface area contributed by atoms with Crippen molar-refractivity contribution < 1.29 is 0 Å². The summed E-state index contributed by atoms with van der Waals surface area (Å²) in [4.78, 5) is 0. The third-order valence-corrected chi connectivity index (χ3v) is 2.24. The Hall–Kier alpha value is -1.30. The predicted molar refractivity (Wildman–Crippen MR) is 60.6 cm³/mol. The van der Waals surface area contributed by atoms with Crippen LogP contribution in [0.25, 0.3) is 11.6 Å². The molecule has 0 bridgehead atoms. The molecule has 0 aliphatic rings. The van der Waals surface area contributed by atoms with Crippen LogP contribution in [0, 0.1) is 0 Å². The second kappa shape index (κ2) is 4.08. The lowest BCUT2D eigenvalue weighted by atomic mass is 9.99. The average Bonchev–Trinajstić information content (AvgIpc) is 2.16. The van der Waals surface area contributed by atoms with Crippen molar-refractivity contribution in [3.8, 4) is 0 Å². The second-order valence-corrected chi connectivity index (χ2v) is 3.25. The molecule has 0 heteroatoms. The lowest BCUT2D eigenvalue weighted by Crippen LogP contribution is -1.88. The van der Waals surface area contributed by atoms with E-state index >= 15 is 0 Å². The van der Waals surface area contributed by atoms with Gasteiger partial charge in [-0.15, -0.1) is 0 Å². The molecule has 0 aliphatic heterocycles. The topological polar surface area (TPSA) is 0 Å². The number of rotatable bonds is 3. The Morgan fingerprint density at radius 3 is 2.62 bits per heavy atom. The van der Waals surface area contributed by atoms with Crippen LogP contribution in [0.4, 0.5) is 0 Å². The van der Waals surface area contributed by atoms with Gasteiger partial charge in [0.05, 0.1) is 0 Å². The maximum atomic E-state index is 3.93. The van der Waals surface area contributed by atoms with Crippen molar-refractivity contribution >= 4 is 11.6 Å². The highest BCUT2D eigenvalue weighted by Crippen LogP contribution is 2.18. The molecule has 0 aliphatic carbocycles. The van der Waals surface area contributed by atoms with Crippen LogP contribution in [0.1, 0.15) is 30.5 Å². The SMILES string of the molecule is C=Cc1ccc(C(=C)C)cc1CC. The van der Waals surface area contributed by atoms with Gasteiger partial charge in [-0.05, 0) is 30.0 Å². The van der Waals surface area contributed by atoms with Gasteiger partial charge in [0.1, 0.15) is 0 Å². The van der Waals surface area contributed by atoms with E-state index in [1.807, 2.05) is 13.0 Å². The van der Waals surface area contributed by atoms with Crippen molar-refractivity contribution in [2.75, 3.05) is 0 Å². The molecule has 1 rings (SSSR count). The van der Waals surface area contributed by atoms with Crippen molar-refractivity contribution in [1.82, 2.24) is 0 Å². The van der Waals surface area contributed by atoms with E-state index in [9.17, 15) is 0 Å². The highest BCUT2D eigenvalue weighted by atomic mass is 14.0. The second-order valence-electron chi connectivity index (χ2n) is 3.25. The summed E-state index contributed by atoms with van der Waals surface area (Å²) in [5, 5.41) is 0. The van der Waals surface area contributed by atoms with E-state index in [4.69, 9.17) is 0 Å². The Balaban J connectivity index is 3.20. The lowest BCUT2D eigenvalue weighted by molar-refractivity contribution is 1.13. The molecule has 0 fully saturated rings. The highest BCUT2D eigenvalue weighted by Gasteiger charge is 1.99. The third kappa shape index (κ3) is 2.09. The third-order valence-electron chi connectivity index (χ3n) is 2.24. The summed E-state index contributed by atoms with van der Waals surface area (Å²) in [6, 6.07) is 6.40. The van der Waals surface area contributed by atoms with Crippen LogP contribution in [0.3, 0.4) is 0 Å². The van der Waals surface area contributed by atoms with E-state index in [-0.39, 0.29) is 0 Å². The van der Waals surface area contributed by atoms with Crippen LogP contribution in [-0.2, 0) is 6.42 Å². The summed E-state index contributed by atoms with van der Waals surface area (Å²) in [5.74, 6) is 0. The molecule has 0 atom stereocenters. The van der Waals surface area contributed by atoms with Crippen molar-refractivity contribution in [2.24, 2.45) is 0 Å². The minimum Gasteiger partial charge on any atom is -0.0985 e. The zero-order valence-corrected chi connectivity index (χ0v) is 8.43. The number of hydrogen-bond acceptors (Lipinski definition) is 0. The molecule has 1 aromatic carbocycles. The Bertz CT molecular complexity index is 332. The summed E-state index contributed by atoms with van der Waals surface area (Å²) in [7, 11) is 0. The van der Waals surface area contributed by atoms with E-state index in [1.54, 1.807) is 0 Å². The number of aryl methyl sites for hydroxylation is 1. The first-order valence-corrected chi connectivity index (χ1v) is 4.60. The fraction of sp³-hybridized carbons (Fsp3) is 0.231. The molecule has 1 aromatic rings. The Labute approximate surface area is 80.6 Å². The highest BCUT2D eigenvalue weighted by molar-refractivity contribution is 5.65. The van der Waals surface area contributed by atoms with Gasteiger partial charge in [-0.1, -0.05) is 49.9 Å². The van der Waals surface area contributed by atoms with E-state index in [0.717, 1.165) is 12.0 Å². The minimum absolute atomic E-state index is 1.04. The van der Waals surface area contributed by atoms with Gasteiger partial charge in [-0.2, -0.15) is 0 Å². The average molecular weight is 172 g/mol. The van der Waals surface area contributed by atoms with E-state index in [2.05, 4.69) is 38.3 Å². The van der Waals surface area contributed by atoms with Crippen LogP contribution in [0.15, 0.2) is 31.4 Å². The monoisotopic (exact) mass is 172 g/mol. The van der Waals surface area contributed by atoms with Crippen LogP contribution in [0.5, 0.6) is 0 Å². The summed E-state index contributed by atoms with van der Waals surface area (Å²) in [6.45, 7) is 11.9. The van der Waals surface area contributed by atoms with Gasteiger partial charge in [-0.25, -0.2) is 0 Å². The lowest BCUT2D eigenvalue weighted by Gasteiger charge is -2.06. The largest absolute Gasteiger partial charge is 0.0985 e. The molecule has 0 spiro atoms. The summed E-state index contributed by atoms with van der Waals surface area (Å²) in [5.41, 5.74) is 4.91. The molecular formula is C13H16. The standard InChI is InChI=1S/C13H16/c1-5-11-7-8-13(10(3)4)9-12(11)6-2/h5,7-9H,1,3,6H2,2,4H3. The van der Waals surface area contributed by atoms with E-state index in [1.165, 1.54) is 16.7 Å². The smallest absolute Gasteiger partial charge is 0.0230 e. The van der Waals surface area contributed by atoms with Crippen LogP contribution >= 0.6 is 0 Å². The first-order valence-electron chi connectivity index (χ1n) is 4.60. The van der Waals surface area contributed by atoms with E-state index < -0.39 is 0 Å². The Morgan fingerprint density at radius 2 is 2.15 bits per heavy atom. The number of allylic oxidation sites excluding steroid dienone is 1. The Morgan fingerprint density at radius 1 is 1.46 bits per heavy atom. The molecule has 0 nitrogen and oxygen atoms in total. The fourth-order valence-corrected chi connectivity index (χ4v) is 1.38. The molecule has 0 saturated carbocycles. The molecule has 0 N–H and O–H groups in total. The zero-order valence-electron chi connectivity index (χ0n) is 8.43. The van der Waals surface area contributed by atoms with Gasteiger partial charge in [0.25, 0.3) is 0 Å². The molecular weight excluding hydrogens is 156 g/mol. The van der Waals surface area contributed by atoms with Gasteiger partial charge < -0.3 is 0 Å². The van der Waals surface area contributed by atoms with E-state index in [0.29, 0.717) is 0 Å². The molecule has 0 aromatic heterocycles. The molecule has 0 unspecified atom stereocenters. The van der Waals surface area contributed by atoms with Gasteiger partial charge in [0.2, 0.25) is 0 Å².